The smallest absolute Gasteiger partial charge is 0.230 e. The number of benzene rings is 1. The third kappa shape index (κ3) is 2.37. The van der Waals surface area contributed by atoms with Gasteiger partial charge in [-0.3, -0.25) is 4.79 Å². The molecule has 0 spiro atoms. The molecule has 102 valence electrons. The van der Waals surface area contributed by atoms with Crippen molar-refractivity contribution in [3.8, 4) is 16.9 Å². The molecule has 0 radical (unpaired) electrons. The van der Waals surface area contributed by atoms with Gasteiger partial charge in [0.1, 0.15) is 11.6 Å². The van der Waals surface area contributed by atoms with Gasteiger partial charge in [-0.2, -0.15) is 0 Å². The molecule has 1 aliphatic heterocycles. The molecule has 1 aromatic heterocycles. The van der Waals surface area contributed by atoms with E-state index in [0.717, 1.165) is 22.4 Å². The van der Waals surface area contributed by atoms with Crippen LogP contribution in [0.5, 0.6) is 5.75 Å². The van der Waals surface area contributed by atoms with Crippen LogP contribution in [0, 0.1) is 0 Å². The molecule has 20 heavy (non-hydrogen) atoms. The molecule has 0 saturated carbocycles. The summed E-state index contributed by atoms with van der Waals surface area (Å²) in [5.41, 5.74) is 2.90. The molecule has 2 heterocycles. The van der Waals surface area contributed by atoms with Crippen molar-refractivity contribution in [2.75, 3.05) is 5.32 Å². The normalized spacial score (nSPS) is 13.2. The fourth-order valence-corrected chi connectivity index (χ4v) is 2.32. The van der Waals surface area contributed by atoms with E-state index in [1.165, 1.54) is 0 Å². The molecule has 3 rings (SSSR count). The van der Waals surface area contributed by atoms with Gasteiger partial charge < -0.3 is 10.1 Å². The molecule has 1 amide bonds. The number of ether oxygens (including phenoxy) is 1. The van der Waals surface area contributed by atoms with Crippen LogP contribution < -0.4 is 10.1 Å². The number of amides is 1. The minimum atomic E-state index is -0.00337. The fraction of sp³-hybridized carbons (Fsp3) is 0.250. The first-order chi connectivity index (χ1) is 9.63. The summed E-state index contributed by atoms with van der Waals surface area (Å²) in [5, 5.41) is 2.74. The highest BCUT2D eigenvalue weighted by atomic mass is 16.5. The van der Waals surface area contributed by atoms with E-state index in [-0.39, 0.29) is 12.0 Å². The van der Waals surface area contributed by atoms with E-state index in [0.29, 0.717) is 12.2 Å². The van der Waals surface area contributed by atoms with Gasteiger partial charge in [0.25, 0.3) is 0 Å². The molecular formula is C16H16N2O2. The Morgan fingerprint density at radius 2 is 2.10 bits per heavy atom. The van der Waals surface area contributed by atoms with E-state index in [1.807, 2.05) is 44.2 Å². The Labute approximate surface area is 117 Å². The minimum absolute atomic E-state index is 0.00337. The second-order valence-electron chi connectivity index (χ2n) is 5.12. The first-order valence-electron chi connectivity index (χ1n) is 6.68. The van der Waals surface area contributed by atoms with Gasteiger partial charge in [-0.25, -0.2) is 4.98 Å². The number of carbonyl (C=O) groups excluding carboxylic acids is 1. The largest absolute Gasteiger partial charge is 0.490 e. The number of nitrogens with zero attached hydrogens (tertiary/aromatic N) is 1. The lowest BCUT2D eigenvalue weighted by molar-refractivity contribution is -0.115. The zero-order valence-electron chi connectivity index (χ0n) is 11.5. The van der Waals surface area contributed by atoms with Gasteiger partial charge in [-0.15, -0.1) is 0 Å². The average Bonchev–Trinajstić information content (AvgIpc) is 2.77. The van der Waals surface area contributed by atoms with Crippen LogP contribution >= 0.6 is 0 Å². The van der Waals surface area contributed by atoms with Crippen molar-refractivity contribution in [3.63, 3.8) is 0 Å². The van der Waals surface area contributed by atoms with Crippen LogP contribution in [0.3, 0.4) is 0 Å². The number of rotatable bonds is 3. The molecule has 0 bridgehead atoms. The summed E-state index contributed by atoms with van der Waals surface area (Å²) in [6.07, 6.45) is 2.28. The highest BCUT2D eigenvalue weighted by molar-refractivity contribution is 5.98. The van der Waals surface area contributed by atoms with Crippen molar-refractivity contribution < 1.29 is 9.53 Å². The van der Waals surface area contributed by atoms with Crippen LogP contribution in [-0.2, 0) is 11.2 Å². The van der Waals surface area contributed by atoms with Gasteiger partial charge in [0, 0.05) is 22.9 Å². The highest BCUT2D eigenvalue weighted by Gasteiger charge is 2.20. The van der Waals surface area contributed by atoms with E-state index in [9.17, 15) is 4.79 Å². The molecule has 4 heteroatoms. The molecule has 4 nitrogen and oxygen atoms in total. The Kier molecular flexibility index (Phi) is 3.14. The van der Waals surface area contributed by atoms with E-state index < -0.39 is 0 Å². The van der Waals surface area contributed by atoms with Gasteiger partial charge >= 0.3 is 0 Å². The van der Waals surface area contributed by atoms with Crippen molar-refractivity contribution in [2.45, 2.75) is 26.4 Å². The van der Waals surface area contributed by atoms with E-state index in [4.69, 9.17) is 4.74 Å². The first-order valence-corrected chi connectivity index (χ1v) is 6.68. The molecule has 0 atom stereocenters. The number of aromatic nitrogens is 1. The molecule has 0 unspecified atom stereocenters. The first kappa shape index (κ1) is 12.7. The summed E-state index contributed by atoms with van der Waals surface area (Å²) in [4.78, 5) is 15.7. The maximum atomic E-state index is 11.4. The van der Waals surface area contributed by atoms with E-state index in [2.05, 4.69) is 10.3 Å². The highest BCUT2D eigenvalue weighted by Crippen LogP contribution is 2.33. The van der Waals surface area contributed by atoms with Crippen molar-refractivity contribution in [1.29, 1.82) is 0 Å². The Bertz CT molecular complexity index is 665. The molecule has 1 aliphatic rings. The third-order valence-corrected chi connectivity index (χ3v) is 3.14. The Hall–Kier alpha value is -2.36. The summed E-state index contributed by atoms with van der Waals surface area (Å²) >= 11 is 0. The number of pyridine rings is 1. The number of hydrogen-bond donors (Lipinski definition) is 1. The fourth-order valence-electron chi connectivity index (χ4n) is 2.32. The summed E-state index contributed by atoms with van der Waals surface area (Å²) < 4.78 is 5.83. The Balaban J connectivity index is 2.02. The van der Waals surface area contributed by atoms with E-state index >= 15 is 0 Å². The van der Waals surface area contributed by atoms with Crippen LogP contribution in [0.15, 0.2) is 36.5 Å². The average molecular weight is 268 g/mol. The van der Waals surface area contributed by atoms with Crippen molar-refractivity contribution in [3.05, 3.63) is 42.1 Å². The molecule has 1 aromatic carbocycles. The quantitative estimate of drug-likeness (QED) is 0.930. The number of nitrogens with one attached hydrogen (secondary N) is 1. The number of para-hydroxylation sites is 1. The molecule has 0 saturated heterocycles. The van der Waals surface area contributed by atoms with Crippen molar-refractivity contribution in [2.24, 2.45) is 0 Å². The SMILES string of the molecule is CC(C)Oc1ccccc1-c1cnc2c(c1)CC(=O)N2. The van der Waals surface area contributed by atoms with Gasteiger partial charge in [0.2, 0.25) is 5.91 Å². The van der Waals surface area contributed by atoms with Gasteiger partial charge in [-0.1, -0.05) is 18.2 Å². The molecule has 0 aliphatic carbocycles. The molecule has 2 aromatic rings. The molecule has 0 fully saturated rings. The number of fused-ring (bicyclic) bond motifs is 1. The molecular weight excluding hydrogens is 252 g/mol. The second kappa shape index (κ2) is 4.96. The standard InChI is InChI=1S/C16H16N2O2/c1-10(2)20-14-6-4-3-5-13(14)12-7-11-8-15(19)18-16(11)17-9-12/h3-7,9-10H,8H2,1-2H3,(H,17,18,19). The van der Waals surface area contributed by atoms with Crippen LogP contribution in [-0.4, -0.2) is 17.0 Å². The minimum Gasteiger partial charge on any atom is -0.490 e. The van der Waals surface area contributed by atoms with Crippen LogP contribution in [0.2, 0.25) is 0 Å². The van der Waals surface area contributed by atoms with Crippen molar-refractivity contribution >= 4 is 11.7 Å². The van der Waals surface area contributed by atoms with Crippen LogP contribution in [0.25, 0.3) is 11.1 Å². The summed E-state index contributed by atoms with van der Waals surface area (Å²) in [5.74, 6) is 1.50. The number of anilines is 1. The monoisotopic (exact) mass is 268 g/mol. The maximum Gasteiger partial charge on any atom is 0.230 e. The zero-order valence-corrected chi connectivity index (χ0v) is 11.5. The van der Waals surface area contributed by atoms with Gasteiger partial charge in [0.05, 0.1) is 12.5 Å². The van der Waals surface area contributed by atoms with Crippen molar-refractivity contribution in [1.82, 2.24) is 4.98 Å². The second-order valence-corrected chi connectivity index (χ2v) is 5.12. The Morgan fingerprint density at radius 1 is 1.30 bits per heavy atom. The predicted molar refractivity (Wildman–Crippen MR) is 77.8 cm³/mol. The van der Waals surface area contributed by atoms with E-state index in [1.54, 1.807) is 6.20 Å². The summed E-state index contributed by atoms with van der Waals surface area (Å²) in [7, 11) is 0. The van der Waals surface area contributed by atoms with Crippen LogP contribution in [0.1, 0.15) is 19.4 Å². The lowest BCUT2D eigenvalue weighted by atomic mass is 10.0. The lowest BCUT2D eigenvalue weighted by Gasteiger charge is -2.14. The maximum absolute atomic E-state index is 11.4. The lowest BCUT2D eigenvalue weighted by Crippen LogP contribution is -2.06. The number of hydrogen-bond acceptors (Lipinski definition) is 3. The van der Waals surface area contributed by atoms with Gasteiger partial charge in [0.15, 0.2) is 0 Å². The zero-order chi connectivity index (χ0) is 14.1. The predicted octanol–water partition coefficient (Wildman–Crippen LogP) is 3.03. The molecule has 1 N–H and O–H groups in total. The third-order valence-electron chi connectivity index (χ3n) is 3.14. The Morgan fingerprint density at radius 3 is 2.90 bits per heavy atom. The summed E-state index contributed by atoms with van der Waals surface area (Å²) in [6, 6.07) is 9.88. The van der Waals surface area contributed by atoms with Gasteiger partial charge in [-0.05, 0) is 26.0 Å². The summed E-state index contributed by atoms with van der Waals surface area (Å²) in [6.45, 7) is 4.00. The number of carbonyl (C=O) groups is 1. The van der Waals surface area contributed by atoms with Crippen LogP contribution in [0.4, 0.5) is 5.82 Å². The topological polar surface area (TPSA) is 51.2 Å².